The standard InChI is InChI=1S/C7H10N4O3/c1-10-3-2-6(13)11(7(10)14)4-5(12)9-8/h2-3H,4,8H2,1H3,(H,9,12). The third-order valence-electron chi connectivity index (χ3n) is 1.70. The molecule has 0 saturated heterocycles. The van der Waals surface area contributed by atoms with Gasteiger partial charge < -0.3 is 4.57 Å². The molecular formula is C7H10N4O3. The average molecular weight is 198 g/mol. The van der Waals surface area contributed by atoms with E-state index in [9.17, 15) is 14.4 Å². The molecule has 7 heteroatoms. The van der Waals surface area contributed by atoms with Crippen LogP contribution in [0.1, 0.15) is 0 Å². The van der Waals surface area contributed by atoms with E-state index in [-0.39, 0.29) is 6.54 Å². The van der Waals surface area contributed by atoms with E-state index in [1.54, 1.807) is 0 Å². The molecule has 1 aromatic heterocycles. The van der Waals surface area contributed by atoms with E-state index in [0.29, 0.717) is 0 Å². The molecule has 1 aromatic rings. The fourth-order valence-electron chi connectivity index (χ4n) is 0.949. The van der Waals surface area contributed by atoms with Gasteiger partial charge in [0.2, 0.25) is 0 Å². The Kier molecular flexibility index (Phi) is 2.82. The lowest BCUT2D eigenvalue weighted by atomic mass is 10.5. The Labute approximate surface area is 78.7 Å². The number of hydrazine groups is 1. The molecule has 3 N–H and O–H groups in total. The van der Waals surface area contributed by atoms with Crippen LogP contribution < -0.4 is 22.5 Å². The Hall–Kier alpha value is -1.89. The van der Waals surface area contributed by atoms with Crippen LogP contribution in [-0.2, 0) is 18.4 Å². The largest absolute Gasteiger partial charge is 0.331 e. The molecule has 0 aliphatic heterocycles. The predicted octanol–water partition coefficient (Wildman–Crippen LogP) is -2.46. The minimum Gasteiger partial charge on any atom is -0.303 e. The number of nitrogens with one attached hydrogen (secondary N) is 1. The summed E-state index contributed by atoms with van der Waals surface area (Å²) in [4.78, 5) is 33.4. The molecule has 0 bridgehead atoms. The van der Waals surface area contributed by atoms with Crippen LogP contribution in [0, 0.1) is 0 Å². The lowest BCUT2D eigenvalue weighted by Gasteiger charge is -2.04. The summed E-state index contributed by atoms with van der Waals surface area (Å²) < 4.78 is 1.99. The molecule has 0 aromatic carbocycles. The van der Waals surface area contributed by atoms with Gasteiger partial charge in [-0.1, -0.05) is 0 Å². The summed E-state index contributed by atoms with van der Waals surface area (Å²) in [5.74, 6) is 4.23. The maximum absolute atomic E-state index is 11.3. The normalized spacial score (nSPS) is 9.86. The van der Waals surface area contributed by atoms with Gasteiger partial charge in [-0.25, -0.2) is 10.6 Å². The van der Waals surface area contributed by atoms with E-state index >= 15 is 0 Å². The smallest absolute Gasteiger partial charge is 0.303 e. The van der Waals surface area contributed by atoms with Crippen molar-refractivity contribution >= 4 is 5.91 Å². The van der Waals surface area contributed by atoms with Crippen molar-refractivity contribution in [3.05, 3.63) is 33.1 Å². The molecule has 76 valence electrons. The SMILES string of the molecule is Cn1ccc(=O)n(CC(=O)NN)c1=O. The minimum atomic E-state index is -0.601. The number of rotatable bonds is 2. The molecule has 7 nitrogen and oxygen atoms in total. The fraction of sp³-hybridized carbons (Fsp3) is 0.286. The van der Waals surface area contributed by atoms with Crippen LogP contribution in [0.5, 0.6) is 0 Å². The summed E-state index contributed by atoms with van der Waals surface area (Å²) in [7, 11) is 1.48. The number of aryl methyl sites for hydroxylation is 1. The van der Waals surface area contributed by atoms with Gasteiger partial charge in [0.1, 0.15) is 6.54 Å². The molecule has 0 fully saturated rings. The van der Waals surface area contributed by atoms with Crippen LogP contribution in [0.2, 0.25) is 0 Å². The first-order valence-corrected chi connectivity index (χ1v) is 3.82. The minimum absolute atomic E-state index is 0.372. The summed E-state index contributed by atoms with van der Waals surface area (Å²) in [5.41, 5.74) is 0.755. The van der Waals surface area contributed by atoms with Crippen molar-refractivity contribution in [1.82, 2.24) is 14.6 Å². The Morgan fingerprint density at radius 1 is 1.57 bits per heavy atom. The van der Waals surface area contributed by atoms with Crippen molar-refractivity contribution in [2.24, 2.45) is 12.9 Å². The van der Waals surface area contributed by atoms with E-state index in [4.69, 9.17) is 5.84 Å². The van der Waals surface area contributed by atoms with Gasteiger partial charge in [0.15, 0.2) is 0 Å². The third kappa shape index (κ3) is 1.88. The summed E-state index contributed by atoms with van der Waals surface area (Å²) in [5, 5.41) is 0. The van der Waals surface area contributed by atoms with E-state index < -0.39 is 17.2 Å². The van der Waals surface area contributed by atoms with Gasteiger partial charge in [-0.3, -0.25) is 19.6 Å². The summed E-state index contributed by atoms with van der Waals surface area (Å²) >= 11 is 0. The number of hydrogen-bond acceptors (Lipinski definition) is 4. The number of aromatic nitrogens is 2. The number of nitrogens with zero attached hydrogens (tertiary/aromatic N) is 2. The van der Waals surface area contributed by atoms with E-state index in [2.05, 4.69) is 0 Å². The van der Waals surface area contributed by atoms with Gasteiger partial charge in [-0.15, -0.1) is 0 Å². The first-order valence-electron chi connectivity index (χ1n) is 3.82. The van der Waals surface area contributed by atoms with Gasteiger partial charge >= 0.3 is 5.69 Å². The third-order valence-corrected chi connectivity index (χ3v) is 1.70. The first kappa shape index (κ1) is 10.2. The Morgan fingerprint density at radius 2 is 2.21 bits per heavy atom. The molecule has 0 aliphatic rings. The van der Waals surface area contributed by atoms with Gasteiger partial charge in [0.05, 0.1) is 0 Å². The average Bonchev–Trinajstić information content (AvgIpc) is 2.18. The van der Waals surface area contributed by atoms with Gasteiger partial charge in [0, 0.05) is 19.3 Å². The fourth-order valence-corrected chi connectivity index (χ4v) is 0.949. The van der Waals surface area contributed by atoms with Crippen LogP contribution in [0.3, 0.4) is 0 Å². The van der Waals surface area contributed by atoms with Crippen LogP contribution in [0.25, 0.3) is 0 Å². The molecule has 1 heterocycles. The zero-order chi connectivity index (χ0) is 10.7. The van der Waals surface area contributed by atoms with Crippen molar-refractivity contribution < 1.29 is 4.79 Å². The molecule has 1 rings (SSSR count). The zero-order valence-electron chi connectivity index (χ0n) is 7.56. The van der Waals surface area contributed by atoms with Crippen molar-refractivity contribution in [3.63, 3.8) is 0 Å². The molecule has 14 heavy (non-hydrogen) atoms. The maximum Gasteiger partial charge on any atom is 0.331 e. The van der Waals surface area contributed by atoms with E-state index in [0.717, 1.165) is 4.57 Å². The second-order valence-electron chi connectivity index (χ2n) is 2.70. The summed E-state index contributed by atoms with van der Waals surface area (Å²) in [6.07, 6.45) is 1.33. The number of amides is 1. The molecule has 0 atom stereocenters. The van der Waals surface area contributed by atoms with Crippen molar-refractivity contribution in [2.75, 3.05) is 0 Å². The molecule has 1 amide bonds. The number of hydrogen-bond donors (Lipinski definition) is 2. The lowest BCUT2D eigenvalue weighted by molar-refractivity contribution is -0.121. The topological polar surface area (TPSA) is 99.1 Å². The second kappa shape index (κ2) is 3.88. The number of nitrogens with two attached hydrogens (primary N) is 1. The second-order valence-corrected chi connectivity index (χ2v) is 2.70. The van der Waals surface area contributed by atoms with Crippen LogP contribution in [0.15, 0.2) is 21.9 Å². The Morgan fingerprint density at radius 3 is 2.79 bits per heavy atom. The van der Waals surface area contributed by atoms with Crippen molar-refractivity contribution in [1.29, 1.82) is 0 Å². The zero-order valence-corrected chi connectivity index (χ0v) is 7.56. The molecule has 0 unspecified atom stereocenters. The predicted molar refractivity (Wildman–Crippen MR) is 48.3 cm³/mol. The highest BCUT2D eigenvalue weighted by atomic mass is 16.2. The highest BCUT2D eigenvalue weighted by Gasteiger charge is 2.06. The Balaban J connectivity index is 3.20. The summed E-state index contributed by atoms with van der Waals surface area (Å²) in [6, 6.07) is 1.20. The maximum atomic E-state index is 11.3. The summed E-state index contributed by atoms with van der Waals surface area (Å²) in [6.45, 7) is -0.372. The molecular weight excluding hydrogens is 188 g/mol. The van der Waals surface area contributed by atoms with E-state index in [1.165, 1.54) is 23.9 Å². The number of carbonyl (C=O) groups excluding carboxylic acids is 1. The molecule has 0 radical (unpaired) electrons. The quantitative estimate of drug-likeness (QED) is 0.312. The van der Waals surface area contributed by atoms with E-state index in [1.807, 2.05) is 5.43 Å². The highest BCUT2D eigenvalue weighted by molar-refractivity contribution is 5.74. The van der Waals surface area contributed by atoms with Crippen molar-refractivity contribution in [2.45, 2.75) is 6.54 Å². The highest BCUT2D eigenvalue weighted by Crippen LogP contribution is 1.74. The lowest BCUT2D eigenvalue weighted by Crippen LogP contribution is -2.43. The first-order chi connectivity index (χ1) is 6.56. The molecule has 0 aliphatic carbocycles. The number of carbonyl (C=O) groups is 1. The van der Waals surface area contributed by atoms with Gasteiger partial charge in [0.25, 0.3) is 11.5 Å². The van der Waals surface area contributed by atoms with Crippen LogP contribution in [-0.4, -0.2) is 15.0 Å². The van der Waals surface area contributed by atoms with Gasteiger partial charge in [-0.05, 0) is 0 Å². The van der Waals surface area contributed by atoms with Gasteiger partial charge in [-0.2, -0.15) is 0 Å². The van der Waals surface area contributed by atoms with Crippen molar-refractivity contribution in [3.8, 4) is 0 Å². The Bertz CT molecular complexity index is 459. The monoisotopic (exact) mass is 198 g/mol. The molecule has 0 spiro atoms. The van der Waals surface area contributed by atoms with Crippen LogP contribution in [0.4, 0.5) is 0 Å². The molecule has 0 saturated carbocycles. The van der Waals surface area contributed by atoms with Crippen LogP contribution >= 0.6 is 0 Å².